The van der Waals surface area contributed by atoms with Gasteiger partial charge in [-0.15, -0.1) is 0 Å². The third-order valence-corrected chi connectivity index (χ3v) is 3.32. The zero-order valence-corrected chi connectivity index (χ0v) is 11.4. The monoisotopic (exact) mass is 274 g/mol. The van der Waals surface area contributed by atoms with E-state index in [0.29, 0.717) is 11.6 Å². The van der Waals surface area contributed by atoms with Gasteiger partial charge in [0.25, 0.3) is 0 Å². The highest BCUT2D eigenvalue weighted by molar-refractivity contribution is 5.38. The number of nitriles is 1. The fraction of sp³-hybridized carbons (Fsp3) is 0.118. The summed E-state index contributed by atoms with van der Waals surface area (Å²) in [5.41, 5.74) is 2.26. The van der Waals surface area contributed by atoms with Crippen LogP contribution in [0.3, 0.4) is 0 Å². The summed E-state index contributed by atoms with van der Waals surface area (Å²) in [5.74, 6) is 1.26. The normalized spacial score (nSPS) is 10.5. The molecule has 0 aliphatic heterocycles. The van der Waals surface area contributed by atoms with E-state index in [0.717, 1.165) is 11.1 Å². The van der Waals surface area contributed by atoms with Crippen LogP contribution in [0.4, 0.5) is 0 Å². The summed E-state index contributed by atoms with van der Waals surface area (Å²) < 4.78 is 0. The van der Waals surface area contributed by atoms with Crippen molar-refractivity contribution in [1.29, 1.82) is 5.26 Å². The minimum absolute atomic E-state index is 0.0314. The molecule has 3 aromatic rings. The Hall–Kier alpha value is -2.93. The fourth-order valence-corrected chi connectivity index (χ4v) is 2.37. The van der Waals surface area contributed by atoms with Crippen LogP contribution in [0.2, 0.25) is 0 Å². The van der Waals surface area contributed by atoms with Crippen LogP contribution in [0.15, 0.2) is 60.7 Å². The maximum Gasteiger partial charge on any atom is 0.162 e. The van der Waals surface area contributed by atoms with E-state index in [-0.39, 0.29) is 12.3 Å². The lowest BCUT2D eigenvalue weighted by molar-refractivity contribution is 0.862. The molecule has 102 valence electrons. The maximum absolute atomic E-state index is 8.76. The number of hydrogen-bond donors (Lipinski definition) is 1. The van der Waals surface area contributed by atoms with Gasteiger partial charge in [-0.3, -0.25) is 5.10 Å². The highest BCUT2D eigenvalue weighted by Gasteiger charge is 2.20. The van der Waals surface area contributed by atoms with Crippen molar-refractivity contribution in [2.75, 3.05) is 0 Å². The number of H-pyrrole nitrogens is 1. The van der Waals surface area contributed by atoms with E-state index in [1.807, 2.05) is 36.4 Å². The molecule has 0 aliphatic rings. The topological polar surface area (TPSA) is 65.4 Å². The number of aromatic nitrogens is 3. The number of rotatable bonds is 4. The van der Waals surface area contributed by atoms with Gasteiger partial charge in [0.1, 0.15) is 5.82 Å². The van der Waals surface area contributed by atoms with Crippen molar-refractivity contribution in [2.24, 2.45) is 0 Å². The Morgan fingerprint density at radius 2 is 1.52 bits per heavy atom. The Kier molecular flexibility index (Phi) is 3.74. The standard InChI is InChI=1S/C17H14N4/c18-12-11-15-19-17(21-20-15)16(13-7-3-1-4-8-13)14-9-5-2-6-10-14/h1-10,16H,11H2,(H,19,20,21). The third-order valence-electron chi connectivity index (χ3n) is 3.32. The molecular formula is C17H14N4. The van der Waals surface area contributed by atoms with Gasteiger partial charge < -0.3 is 0 Å². The summed E-state index contributed by atoms with van der Waals surface area (Å²) >= 11 is 0. The number of nitrogens with one attached hydrogen (secondary N) is 1. The van der Waals surface area contributed by atoms with Crippen LogP contribution in [0, 0.1) is 11.3 Å². The lowest BCUT2D eigenvalue weighted by atomic mass is 9.91. The fourth-order valence-electron chi connectivity index (χ4n) is 2.37. The van der Waals surface area contributed by atoms with E-state index in [1.165, 1.54) is 0 Å². The third kappa shape index (κ3) is 2.82. The second-order valence-corrected chi connectivity index (χ2v) is 4.73. The van der Waals surface area contributed by atoms with Crippen LogP contribution in [0.1, 0.15) is 28.7 Å². The van der Waals surface area contributed by atoms with Crippen LogP contribution >= 0.6 is 0 Å². The molecular weight excluding hydrogens is 260 g/mol. The maximum atomic E-state index is 8.76. The molecule has 0 saturated carbocycles. The van der Waals surface area contributed by atoms with Crippen molar-refractivity contribution < 1.29 is 0 Å². The lowest BCUT2D eigenvalue weighted by Gasteiger charge is -2.14. The first-order chi connectivity index (χ1) is 10.4. The highest BCUT2D eigenvalue weighted by atomic mass is 15.2. The minimum atomic E-state index is -0.0314. The molecule has 0 fully saturated rings. The van der Waals surface area contributed by atoms with E-state index in [1.54, 1.807) is 0 Å². The van der Waals surface area contributed by atoms with E-state index in [9.17, 15) is 0 Å². The SMILES string of the molecule is N#CCc1nc(C(c2ccccc2)c2ccccc2)n[nH]1. The van der Waals surface area contributed by atoms with Crippen molar-refractivity contribution in [2.45, 2.75) is 12.3 Å². The number of benzene rings is 2. The Bertz CT molecular complexity index is 702. The average molecular weight is 274 g/mol. The summed E-state index contributed by atoms with van der Waals surface area (Å²) in [5, 5.41) is 15.9. The zero-order valence-electron chi connectivity index (χ0n) is 11.4. The molecule has 0 amide bonds. The van der Waals surface area contributed by atoms with Crippen LogP contribution < -0.4 is 0 Å². The van der Waals surface area contributed by atoms with Crippen LogP contribution in [0.25, 0.3) is 0 Å². The molecule has 0 spiro atoms. The van der Waals surface area contributed by atoms with Crippen molar-refractivity contribution in [1.82, 2.24) is 15.2 Å². The van der Waals surface area contributed by atoms with E-state index >= 15 is 0 Å². The molecule has 0 unspecified atom stereocenters. The predicted molar refractivity (Wildman–Crippen MR) is 79.5 cm³/mol. The highest BCUT2D eigenvalue weighted by Crippen LogP contribution is 2.29. The zero-order chi connectivity index (χ0) is 14.5. The quantitative estimate of drug-likeness (QED) is 0.795. The van der Waals surface area contributed by atoms with Crippen molar-refractivity contribution in [3.8, 4) is 6.07 Å². The van der Waals surface area contributed by atoms with Crippen molar-refractivity contribution >= 4 is 0 Å². The van der Waals surface area contributed by atoms with Gasteiger partial charge in [-0.05, 0) is 11.1 Å². The summed E-state index contributed by atoms with van der Waals surface area (Å²) in [6.07, 6.45) is 0.239. The van der Waals surface area contributed by atoms with Crippen LogP contribution in [0.5, 0.6) is 0 Å². The van der Waals surface area contributed by atoms with E-state index < -0.39 is 0 Å². The molecule has 0 radical (unpaired) electrons. The molecule has 0 saturated heterocycles. The van der Waals surface area contributed by atoms with Gasteiger partial charge in [-0.1, -0.05) is 60.7 Å². The van der Waals surface area contributed by atoms with Crippen molar-refractivity contribution in [3.63, 3.8) is 0 Å². The van der Waals surface area contributed by atoms with Gasteiger partial charge in [0.15, 0.2) is 5.82 Å². The second-order valence-electron chi connectivity index (χ2n) is 4.73. The molecule has 2 aromatic carbocycles. The van der Waals surface area contributed by atoms with Crippen molar-refractivity contribution in [3.05, 3.63) is 83.4 Å². The average Bonchev–Trinajstić information content (AvgIpc) is 2.98. The summed E-state index contributed by atoms with van der Waals surface area (Å²) in [4.78, 5) is 4.46. The Morgan fingerprint density at radius 1 is 0.952 bits per heavy atom. The van der Waals surface area contributed by atoms with Gasteiger partial charge in [-0.25, -0.2) is 4.98 Å². The molecule has 0 bridgehead atoms. The summed E-state index contributed by atoms with van der Waals surface area (Å²) in [6.45, 7) is 0. The Morgan fingerprint density at radius 3 is 2.05 bits per heavy atom. The largest absolute Gasteiger partial charge is 0.262 e. The molecule has 21 heavy (non-hydrogen) atoms. The van der Waals surface area contributed by atoms with Crippen LogP contribution in [-0.2, 0) is 6.42 Å². The first kappa shape index (κ1) is 13.1. The van der Waals surface area contributed by atoms with Crippen LogP contribution in [-0.4, -0.2) is 15.2 Å². The second kappa shape index (κ2) is 6.02. The molecule has 4 nitrogen and oxygen atoms in total. The molecule has 4 heteroatoms. The molecule has 1 heterocycles. The predicted octanol–water partition coefficient (Wildman–Crippen LogP) is 3.05. The van der Waals surface area contributed by atoms with Gasteiger partial charge in [-0.2, -0.15) is 10.4 Å². The van der Waals surface area contributed by atoms with E-state index in [4.69, 9.17) is 5.26 Å². The molecule has 3 rings (SSSR count). The number of nitrogens with zero attached hydrogens (tertiary/aromatic N) is 3. The molecule has 0 aliphatic carbocycles. The van der Waals surface area contributed by atoms with Gasteiger partial charge in [0.05, 0.1) is 18.4 Å². The smallest absolute Gasteiger partial charge is 0.162 e. The lowest BCUT2D eigenvalue weighted by Crippen LogP contribution is -2.05. The summed E-state index contributed by atoms with van der Waals surface area (Å²) in [7, 11) is 0. The molecule has 1 N–H and O–H groups in total. The first-order valence-corrected chi connectivity index (χ1v) is 6.76. The van der Waals surface area contributed by atoms with Gasteiger partial charge >= 0.3 is 0 Å². The molecule has 0 atom stereocenters. The Balaban J connectivity index is 2.06. The number of hydrogen-bond acceptors (Lipinski definition) is 3. The van der Waals surface area contributed by atoms with Gasteiger partial charge in [0, 0.05) is 0 Å². The molecule has 1 aromatic heterocycles. The van der Waals surface area contributed by atoms with Gasteiger partial charge in [0.2, 0.25) is 0 Å². The first-order valence-electron chi connectivity index (χ1n) is 6.76. The minimum Gasteiger partial charge on any atom is -0.262 e. The number of aromatic amines is 1. The Labute approximate surface area is 123 Å². The van der Waals surface area contributed by atoms with E-state index in [2.05, 4.69) is 45.5 Å². The summed E-state index contributed by atoms with van der Waals surface area (Å²) in [6, 6.07) is 22.4.